The van der Waals surface area contributed by atoms with Crippen molar-refractivity contribution in [3.05, 3.63) is 21.9 Å². The van der Waals surface area contributed by atoms with E-state index in [2.05, 4.69) is 46.5 Å². The monoisotopic (exact) mass is 482 g/mol. The minimum Gasteiger partial charge on any atom is -0.383 e. The second-order valence-corrected chi connectivity index (χ2v) is 7.39. The van der Waals surface area contributed by atoms with E-state index < -0.39 is 0 Å². The molecule has 0 spiro atoms. The third kappa shape index (κ3) is 7.38. The minimum atomic E-state index is 0. The van der Waals surface area contributed by atoms with Crippen LogP contribution in [0.25, 0.3) is 0 Å². The fourth-order valence-electron chi connectivity index (χ4n) is 2.84. The highest BCUT2D eigenvalue weighted by Gasteiger charge is 2.24. The van der Waals surface area contributed by atoms with E-state index in [1.165, 1.54) is 9.75 Å². The number of hydrogen-bond acceptors (Lipinski definition) is 5. The Morgan fingerprint density at radius 3 is 2.68 bits per heavy atom. The molecule has 0 aliphatic carbocycles. The van der Waals surface area contributed by atoms with E-state index >= 15 is 0 Å². The smallest absolute Gasteiger partial charge is 0.191 e. The van der Waals surface area contributed by atoms with Gasteiger partial charge in [0.2, 0.25) is 0 Å². The summed E-state index contributed by atoms with van der Waals surface area (Å²) in [6, 6.07) is 4.99. The molecule has 2 heterocycles. The molecule has 2 atom stereocenters. The van der Waals surface area contributed by atoms with Gasteiger partial charge in [-0.15, -0.1) is 35.3 Å². The predicted molar refractivity (Wildman–Crippen MR) is 115 cm³/mol. The Bertz CT molecular complexity index is 521. The molecule has 0 aromatic carbocycles. The summed E-state index contributed by atoms with van der Waals surface area (Å²) >= 11 is 1.87. The maximum Gasteiger partial charge on any atom is 0.191 e. The van der Waals surface area contributed by atoms with Crippen LogP contribution in [0.15, 0.2) is 17.1 Å². The molecular formula is C17H31IN4O2S. The molecule has 144 valence electrons. The molecule has 1 aromatic heterocycles. The van der Waals surface area contributed by atoms with Gasteiger partial charge in [0.25, 0.3) is 0 Å². The lowest BCUT2D eigenvalue weighted by atomic mass is 10.2. The van der Waals surface area contributed by atoms with E-state index in [1.807, 2.05) is 11.3 Å². The van der Waals surface area contributed by atoms with Gasteiger partial charge >= 0.3 is 0 Å². The second kappa shape index (κ2) is 12.1. The van der Waals surface area contributed by atoms with Crippen LogP contribution < -0.4 is 10.6 Å². The molecule has 1 aliphatic heterocycles. The Hall–Kier alpha value is -0.420. The number of hydrogen-bond donors (Lipinski definition) is 2. The molecule has 8 heteroatoms. The van der Waals surface area contributed by atoms with Crippen molar-refractivity contribution < 1.29 is 9.47 Å². The number of methoxy groups -OCH3 is 1. The SMILES string of the molecule is CN=C(NCC(c1ccc(C)s1)N1CCOCC1)NC(C)COC.I. The maximum absolute atomic E-state index is 5.51. The van der Waals surface area contributed by atoms with Gasteiger partial charge in [0.15, 0.2) is 5.96 Å². The van der Waals surface area contributed by atoms with Gasteiger partial charge in [-0.3, -0.25) is 9.89 Å². The number of guanidine groups is 1. The Labute approximate surface area is 172 Å². The molecule has 0 saturated carbocycles. The summed E-state index contributed by atoms with van der Waals surface area (Å²) in [7, 11) is 3.51. The van der Waals surface area contributed by atoms with Crippen LogP contribution in [0.5, 0.6) is 0 Å². The summed E-state index contributed by atoms with van der Waals surface area (Å²) in [4.78, 5) is 9.56. The van der Waals surface area contributed by atoms with Crippen LogP contribution in [-0.4, -0.2) is 70.5 Å². The Morgan fingerprint density at radius 1 is 1.40 bits per heavy atom. The summed E-state index contributed by atoms with van der Waals surface area (Å²) in [5, 5.41) is 6.83. The summed E-state index contributed by atoms with van der Waals surface area (Å²) in [5.74, 6) is 0.811. The van der Waals surface area contributed by atoms with Crippen molar-refractivity contribution in [3.63, 3.8) is 0 Å². The van der Waals surface area contributed by atoms with E-state index in [9.17, 15) is 0 Å². The Morgan fingerprint density at radius 2 is 2.12 bits per heavy atom. The van der Waals surface area contributed by atoms with Crippen molar-refractivity contribution in [2.45, 2.75) is 25.9 Å². The molecule has 1 aromatic rings. The van der Waals surface area contributed by atoms with E-state index in [4.69, 9.17) is 9.47 Å². The van der Waals surface area contributed by atoms with E-state index in [0.29, 0.717) is 12.6 Å². The number of aryl methyl sites for hydroxylation is 1. The van der Waals surface area contributed by atoms with Crippen LogP contribution in [0, 0.1) is 6.92 Å². The number of nitrogens with one attached hydrogen (secondary N) is 2. The number of aliphatic imine (C=N–C) groups is 1. The first-order valence-electron chi connectivity index (χ1n) is 8.48. The molecule has 1 aliphatic rings. The van der Waals surface area contributed by atoms with Crippen molar-refractivity contribution in [2.24, 2.45) is 4.99 Å². The standard InChI is InChI=1S/C17H30N4O2S.HI/c1-13(12-22-4)20-17(18-3)19-11-15(16-6-5-14(2)24-16)21-7-9-23-10-8-21;/h5-6,13,15H,7-12H2,1-4H3,(H2,18,19,20);1H. The number of nitrogens with zero attached hydrogens (tertiary/aromatic N) is 2. The zero-order valence-corrected chi connectivity index (χ0v) is 18.7. The van der Waals surface area contributed by atoms with Crippen LogP contribution in [-0.2, 0) is 9.47 Å². The number of thiophene rings is 1. The van der Waals surface area contributed by atoms with Gasteiger partial charge in [-0.05, 0) is 26.0 Å². The molecule has 1 saturated heterocycles. The van der Waals surface area contributed by atoms with E-state index in [1.54, 1.807) is 14.2 Å². The first kappa shape index (κ1) is 22.6. The molecule has 0 bridgehead atoms. The molecule has 25 heavy (non-hydrogen) atoms. The largest absolute Gasteiger partial charge is 0.383 e. The Balaban J connectivity index is 0.00000312. The van der Waals surface area contributed by atoms with Crippen molar-refractivity contribution in [1.82, 2.24) is 15.5 Å². The number of rotatable bonds is 7. The topological polar surface area (TPSA) is 58.1 Å². The molecule has 6 nitrogen and oxygen atoms in total. The summed E-state index contributed by atoms with van der Waals surface area (Å²) in [5.41, 5.74) is 0. The first-order chi connectivity index (χ1) is 11.6. The lowest BCUT2D eigenvalue weighted by molar-refractivity contribution is 0.0177. The summed E-state index contributed by atoms with van der Waals surface area (Å²) < 4.78 is 10.7. The number of morpholine rings is 1. The minimum absolute atomic E-state index is 0. The van der Waals surface area contributed by atoms with Gasteiger partial charge in [-0.25, -0.2) is 0 Å². The van der Waals surface area contributed by atoms with Crippen molar-refractivity contribution in [3.8, 4) is 0 Å². The molecule has 1 fully saturated rings. The zero-order valence-electron chi connectivity index (χ0n) is 15.6. The van der Waals surface area contributed by atoms with E-state index in [-0.39, 0.29) is 30.0 Å². The lowest BCUT2D eigenvalue weighted by Crippen LogP contribution is -2.48. The maximum atomic E-state index is 5.51. The number of halogens is 1. The van der Waals surface area contributed by atoms with Gasteiger partial charge < -0.3 is 20.1 Å². The fourth-order valence-corrected chi connectivity index (χ4v) is 3.86. The summed E-state index contributed by atoms with van der Waals surface area (Å²) in [6.07, 6.45) is 0. The van der Waals surface area contributed by atoms with Crippen LogP contribution in [0.3, 0.4) is 0 Å². The quantitative estimate of drug-likeness (QED) is 0.355. The molecular weight excluding hydrogens is 451 g/mol. The first-order valence-corrected chi connectivity index (χ1v) is 9.30. The normalized spacial score (nSPS) is 18.3. The average Bonchev–Trinajstić information content (AvgIpc) is 3.01. The highest BCUT2D eigenvalue weighted by atomic mass is 127. The highest BCUT2D eigenvalue weighted by molar-refractivity contribution is 14.0. The fraction of sp³-hybridized carbons (Fsp3) is 0.706. The molecule has 0 amide bonds. The van der Waals surface area contributed by atoms with Gasteiger partial charge in [0, 0.05) is 49.6 Å². The van der Waals surface area contributed by atoms with Gasteiger partial charge in [-0.2, -0.15) is 0 Å². The van der Waals surface area contributed by atoms with Crippen LogP contribution in [0.4, 0.5) is 0 Å². The van der Waals surface area contributed by atoms with Crippen LogP contribution >= 0.6 is 35.3 Å². The van der Waals surface area contributed by atoms with Gasteiger partial charge in [-0.1, -0.05) is 0 Å². The van der Waals surface area contributed by atoms with Crippen molar-refractivity contribution >= 4 is 41.3 Å². The van der Waals surface area contributed by atoms with Crippen LogP contribution in [0.1, 0.15) is 22.7 Å². The average molecular weight is 482 g/mol. The molecule has 2 unspecified atom stereocenters. The van der Waals surface area contributed by atoms with Gasteiger partial charge in [0.1, 0.15) is 0 Å². The van der Waals surface area contributed by atoms with Crippen LogP contribution in [0.2, 0.25) is 0 Å². The number of ether oxygens (including phenoxy) is 2. The highest BCUT2D eigenvalue weighted by Crippen LogP contribution is 2.27. The van der Waals surface area contributed by atoms with Gasteiger partial charge in [0.05, 0.1) is 25.9 Å². The third-order valence-electron chi connectivity index (χ3n) is 4.06. The summed E-state index contributed by atoms with van der Waals surface area (Å²) in [6.45, 7) is 9.25. The molecule has 0 radical (unpaired) electrons. The predicted octanol–water partition coefficient (Wildman–Crippen LogP) is 2.25. The second-order valence-electron chi connectivity index (χ2n) is 6.07. The third-order valence-corrected chi connectivity index (χ3v) is 5.16. The van der Waals surface area contributed by atoms with E-state index in [0.717, 1.165) is 38.8 Å². The molecule has 2 rings (SSSR count). The van der Waals surface area contributed by atoms with Crippen molar-refractivity contribution in [2.75, 3.05) is 53.6 Å². The lowest BCUT2D eigenvalue weighted by Gasteiger charge is -2.34. The van der Waals surface area contributed by atoms with Crippen molar-refractivity contribution in [1.29, 1.82) is 0 Å². The Kier molecular flexibility index (Phi) is 10.9. The molecule has 2 N–H and O–H groups in total. The zero-order chi connectivity index (χ0) is 17.4.